The summed E-state index contributed by atoms with van der Waals surface area (Å²) in [5.74, 6) is -0.385. The van der Waals surface area contributed by atoms with E-state index in [1.807, 2.05) is 13.8 Å². The highest BCUT2D eigenvalue weighted by atomic mass is 32.2. The van der Waals surface area contributed by atoms with Gasteiger partial charge in [-0.2, -0.15) is 0 Å². The Bertz CT molecular complexity index is 313. The number of esters is 1. The molecule has 96 valence electrons. The number of methoxy groups -OCH3 is 1. The SMILES string of the molecule is CCC(C)N(C)S(=O)(=O)CCCC(=O)OC. The molecule has 0 heterocycles. The van der Waals surface area contributed by atoms with Crippen molar-refractivity contribution in [1.29, 1.82) is 0 Å². The molecule has 6 heteroatoms. The number of ether oxygens (including phenoxy) is 1. The summed E-state index contributed by atoms with van der Waals surface area (Å²) in [5.41, 5.74) is 0. The summed E-state index contributed by atoms with van der Waals surface area (Å²) >= 11 is 0. The van der Waals surface area contributed by atoms with Crippen LogP contribution in [0.1, 0.15) is 33.1 Å². The first-order valence-corrected chi connectivity index (χ1v) is 6.98. The number of carbonyl (C=O) groups is 1. The molecule has 0 radical (unpaired) electrons. The lowest BCUT2D eigenvalue weighted by Crippen LogP contribution is -2.36. The van der Waals surface area contributed by atoms with Crippen molar-refractivity contribution in [1.82, 2.24) is 4.31 Å². The maximum absolute atomic E-state index is 11.8. The van der Waals surface area contributed by atoms with Crippen molar-refractivity contribution in [3.8, 4) is 0 Å². The number of nitrogens with zero attached hydrogens (tertiary/aromatic N) is 1. The van der Waals surface area contributed by atoms with Gasteiger partial charge < -0.3 is 4.74 Å². The summed E-state index contributed by atoms with van der Waals surface area (Å²) in [6, 6.07) is -0.0110. The molecule has 0 spiro atoms. The number of hydrogen-bond acceptors (Lipinski definition) is 4. The van der Waals surface area contributed by atoms with Crippen LogP contribution in [-0.4, -0.2) is 44.6 Å². The van der Waals surface area contributed by atoms with E-state index >= 15 is 0 Å². The third-order valence-corrected chi connectivity index (χ3v) is 4.70. The largest absolute Gasteiger partial charge is 0.469 e. The zero-order chi connectivity index (χ0) is 12.8. The standard InChI is InChI=1S/C10H21NO4S/c1-5-9(2)11(3)16(13,14)8-6-7-10(12)15-4/h9H,5-8H2,1-4H3. The molecule has 0 fully saturated rings. The van der Waals surface area contributed by atoms with Crippen LogP contribution in [0, 0.1) is 0 Å². The van der Waals surface area contributed by atoms with E-state index in [1.165, 1.54) is 11.4 Å². The zero-order valence-electron chi connectivity index (χ0n) is 10.4. The monoisotopic (exact) mass is 251 g/mol. The Morgan fingerprint density at radius 2 is 2.00 bits per heavy atom. The molecule has 0 saturated carbocycles. The van der Waals surface area contributed by atoms with Crippen molar-refractivity contribution in [2.45, 2.75) is 39.2 Å². The van der Waals surface area contributed by atoms with Crippen molar-refractivity contribution in [2.24, 2.45) is 0 Å². The van der Waals surface area contributed by atoms with Gasteiger partial charge in [0, 0.05) is 19.5 Å². The summed E-state index contributed by atoms with van der Waals surface area (Å²) in [6.45, 7) is 3.79. The van der Waals surface area contributed by atoms with Crippen LogP contribution in [-0.2, 0) is 19.6 Å². The molecule has 0 aliphatic heterocycles. The second-order valence-electron chi connectivity index (χ2n) is 3.77. The second kappa shape index (κ2) is 6.85. The molecule has 1 atom stereocenters. The minimum Gasteiger partial charge on any atom is -0.469 e. The van der Waals surface area contributed by atoms with E-state index in [2.05, 4.69) is 4.74 Å². The average molecular weight is 251 g/mol. The van der Waals surface area contributed by atoms with E-state index in [0.29, 0.717) is 6.42 Å². The smallest absolute Gasteiger partial charge is 0.305 e. The van der Waals surface area contributed by atoms with Gasteiger partial charge in [0.2, 0.25) is 10.0 Å². The molecule has 0 aliphatic rings. The van der Waals surface area contributed by atoms with Gasteiger partial charge >= 0.3 is 5.97 Å². The lowest BCUT2D eigenvalue weighted by atomic mass is 10.3. The Kier molecular flexibility index (Phi) is 6.59. The van der Waals surface area contributed by atoms with Crippen LogP contribution in [0.2, 0.25) is 0 Å². The van der Waals surface area contributed by atoms with Gasteiger partial charge in [-0.25, -0.2) is 12.7 Å². The molecule has 1 unspecified atom stereocenters. The molecule has 5 nitrogen and oxygen atoms in total. The van der Waals surface area contributed by atoms with Crippen LogP contribution in [0.4, 0.5) is 0 Å². The van der Waals surface area contributed by atoms with Crippen molar-refractivity contribution in [3.05, 3.63) is 0 Å². The Morgan fingerprint density at radius 1 is 1.44 bits per heavy atom. The molecular formula is C10H21NO4S. The molecule has 0 N–H and O–H groups in total. The van der Waals surface area contributed by atoms with Gasteiger partial charge in [-0.3, -0.25) is 4.79 Å². The average Bonchev–Trinajstić information content (AvgIpc) is 2.26. The van der Waals surface area contributed by atoms with Crippen LogP contribution < -0.4 is 0 Å². The van der Waals surface area contributed by atoms with E-state index in [0.717, 1.165) is 6.42 Å². The highest BCUT2D eigenvalue weighted by Gasteiger charge is 2.21. The molecule has 0 aromatic heterocycles. The summed E-state index contributed by atoms with van der Waals surface area (Å²) in [4.78, 5) is 10.8. The van der Waals surface area contributed by atoms with E-state index in [-0.39, 0.29) is 24.2 Å². The van der Waals surface area contributed by atoms with Gasteiger partial charge in [0.05, 0.1) is 12.9 Å². The quantitative estimate of drug-likeness (QED) is 0.633. The van der Waals surface area contributed by atoms with Crippen molar-refractivity contribution in [3.63, 3.8) is 0 Å². The fourth-order valence-corrected chi connectivity index (χ4v) is 2.67. The number of rotatable bonds is 7. The minimum atomic E-state index is -3.25. The van der Waals surface area contributed by atoms with E-state index in [9.17, 15) is 13.2 Å². The van der Waals surface area contributed by atoms with Gasteiger partial charge in [-0.1, -0.05) is 6.92 Å². The lowest BCUT2D eigenvalue weighted by Gasteiger charge is -2.22. The summed E-state index contributed by atoms with van der Waals surface area (Å²) in [7, 11) is -0.385. The fraction of sp³-hybridized carbons (Fsp3) is 0.900. The predicted octanol–water partition coefficient (Wildman–Crippen LogP) is 1.000. The van der Waals surface area contributed by atoms with Crippen LogP contribution in [0.3, 0.4) is 0 Å². The van der Waals surface area contributed by atoms with Gasteiger partial charge in [0.15, 0.2) is 0 Å². The Hall–Kier alpha value is -0.620. The zero-order valence-corrected chi connectivity index (χ0v) is 11.2. The maximum Gasteiger partial charge on any atom is 0.305 e. The van der Waals surface area contributed by atoms with Gasteiger partial charge in [0.25, 0.3) is 0 Å². The molecule has 16 heavy (non-hydrogen) atoms. The Balaban J connectivity index is 4.20. The molecule has 0 aromatic carbocycles. The van der Waals surface area contributed by atoms with Crippen molar-refractivity contribution < 1.29 is 17.9 Å². The topological polar surface area (TPSA) is 63.7 Å². The number of carbonyl (C=O) groups excluding carboxylic acids is 1. The predicted molar refractivity (Wildman–Crippen MR) is 62.6 cm³/mol. The first-order valence-electron chi connectivity index (χ1n) is 5.37. The lowest BCUT2D eigenvalue weighted by molar-refractivity contribution is -0.140. The van der Waals surface area contributed by atoms with E-state index < -0.39 is 10.0 Å². The van der Waals surface area contributed by atoms with Crippen LogP contribution in [0.15, 0.2) is 0 Å². The first-order chi connectivity index (χ1) is 7.35. The Labute approximate surface area is 97.8 Å². The van der Waals surface area contributed by atoms with Gasteiger partial charge in [-0.15, -0.1) is 0 Å². The van der Waals surface area contributed by atoms with E-state index in [4.69, 9.17) is 0 Å². The van der Waals surface area contributed by atoms with Crippen LogP contribution in [0.25, 0.3) is 0 Å². The van der Waals surface area contributed by atoms with Crippen LogP contribution in [0.5, 0.6) is 0 Å². The highest BCUT2D eigenvalue weighted by Crippen LogP contribution is 2.09. The third-order valence-electron chi connectivity index (χ3n) is 2.66. The second-order valence-corrected chi connectivity index (χ2v) is 5.92. The summed E-state index contributed by atoms with van der Waals surface area (Å²) in [5, 5.41) is 0. The summed E-state index contributed by atoms with van der Waals surface area (Å²) < 4.78 is 29.4. The molecule has 0 rings (SSSR count). The molecule has 0 saturated heterocycles. The maximum atomic E-state index is 11.8. The van der Waals surface area contributed by atoms with Crippen molar-refractivity contribution >= 4 is 16.0 Å². The third kappa shape index (κ3) is 4.94. The molecule has 0 bridgehead atoms. The van der Waals surface area contributed by atoms with Crippen LogP contribution >= 0.6 is 0 Å². The van der Waals surface area contributed by atoms with Crippen molar-refractivity contribution in [2.75, 3.05) is 19.9 Å². The molecule has 0 aliphatic carbocycles. The highest BCUT2D eigenvalue weighted by molar-refractivity contribution is 7.89. The van der Waals surface area contributed by atoms with E-state index in [1.54, 1.807) is 7.05 Å². The Morgan fingerprint density at radius 3 is 2.44 bits per heavy atom. The van der Waals surface area contributed by atoms with Gasteiger partial charge in [0.1, 0.15) is 0 Å². The van der Waals surface area contributed by atoms with Gasteiger partial charge in [-0.05, 0) is 19.8 Å². The molecule has 0 amide bonds. The summed E-state index contributed by atoms with van der Waals surface area (Å²) in [6.07, 6.45) is 1.21. The first kappa shape index (κ1) is 15.4. The minimum absolute atomic E-state index is 0.0110. The fourth-order valence-electron chi connectivity index (χ4n) is 1.18. The number of hydrogen-bond donors (Lipinski definition) is 0. The normalized spacial score (nSPS) is 13.8. The number of sulfonamides is 1. The molecular weight excluding hydrogens is 230 g/mol. The molecule has 0 aromatic rings.